The van der Waals surface area contributed by atoms with Gasteiger partial charge < -0.3 is 11.1 Å². The standard InChI is InChI=1S/C16H14N4O/c17-15-13-7-2-1-5-11(13)9-14(20-15)16(21)19-10-12-6-3-4-8-18-12/h1-9H,10H2,(H2,17,20)(H,19,21). The first-order valence-electron chi connectivity index (χ1n) is 6.57. The van der Waals surface area contributed by atoms with Gasteiger partial charge in [-0.1, -0.05) is 30.3 Å². The maximum absolute atomic E-state index is 12.2. The van der Waals surface area contributed by atoms with Crippen LogP contribution >= 0.6 is 0 Å². The predicted octanol–water partition coefficient (Wildman–Crippen LogP) is 2.14. The van der Waals surface area contributed by atoms with Crippen LogP contribution in [0.2, 0.25) is 0 Å². The molecule has 104 valence electrons. The van der Waals surface area contributed by atoms with E-state index in [2.05, 4.69) is 15.3 Å². The number of rotatable bonds is 3. The topological polar surface area (TPSA) is 80.9 Å². The highest BCUT2D eigenvalue weighted by atomic mass is 16.1. The zero-order chi connectivity index (χ0) is 14.7. The van der Waals surface area contributed by atoms with Crippen LogP contribution in [0.15, 0.2) is 54.7 Å². The number of carbonyl (C=O) groups excluding carboxylic acids is 1. The molecule has 0 atom stereocenters. The molecular weight excluding hydrogens is 264 g/mol. The minimum Gasteiger partial charge on any atom is -0.383 e. The molecular formula is C16H14N4O. The predicted molar refractivity (Wildman–Crippen MR) is 81.6 cm³/mol. The Morgan fingerprint density at radius 1 is 1.14 bits per heavy atom. The molecule has 21 heavy (non-hydrogen) atoms. The molecule has 0 bridgehead atoms. The summed E-state index contributed by atoms with van der Waals surface area (Å²) < 4.78 is 0. The fraction of sp³-hybridized carbons (Fsp3) is 0.0625. The molecule has 0 spiro atoms. The van der Waals surface area contributed by atoms with E-state index in [4.69, 9.17) is 5.73 Å². The Hall–Kier alpha value is -2.95. The molecule has 1 amide bonds. The number of carbonyl (C=O) groups is 1. The number of nitrogens with zero attached hydrogens (tertiary/aromatic N) is 2. The van der Waals surface area contributed by atoms with E-state index in [-0.39, 0.29) is 5.91 Å². The number of hydrogen-bond acceptors (Lipinski definition) is 4. The van der Waals surface area contributed by atoms with Crippen molar-refractivity contribution in [2.24, 2.45) is 0 Å². The SMILES string of the molecule is Nc1nc(C(=O)NCc2ccccn2)cc2ccccc12. The van der Waals surface area contributed by atoms with Crippen molar-refractivity contribution in [3.05, 3.63) is 66.1 Å². The summed E-state index contributed by atoms with van der Waals surface area (Å²) in [4.78, 5) is 20.5. The van der Waals surface area contributed by atoms with E-state index in [0.29, 0.717) is 18.1 Å². The van der Waals surface area contributed by atoms with Gasteiger partial charge in [-0.15, -0.1) is 0 Å². The van der Waals surface area contributed by atoms with Crippen LogP contribution in [0.3, 0.4) is 0 Å². The summed E-state index contributed by atoms with van der Waals surface area (Å²) in [6, 6.07) is 14.9. The first-order chi connectivity index (χ1) is 10.2. The first kappa shape index (κ1) is 13.1. The number of fused-ring (bicyclic) bond motifs is 1. The van der Waals surface area contributed by atoms with Crippen molar-refractivity contribution in [3.8, 4) is 0 Å². The quantitative estimate of drug-likeness (QED) is 0.769. The Morgan fingerprint density at radius 2 is 1.95 bits per heavy atom. The third-order valence-electron chi connectivity index (χ3n) is 3.16. The van der Waals surface area contributed by atoms with Crippen LogP contribution in [0.1, 0.15) is 16.2 Å². The number of aromatic nitrogens is 2. The van der Waals surface area contributed by atoms with Gasteiger partial charge in [0.25, 0.3) is 5.91 Å². The zero-order valence-corrected chi connectivity index (χ0v) is 11.3. The molecule has 5 heteroatoms. The Labute approximate surface area is 121 Å². The van der Waals surface area contributed by atoms with Crippen molar-refractivity contribution in [1.29, 1.82) is 0 Å². The molecule has 2 heterocycles. The molecule has 3 aromatic rings. The van der Waals surface area contributed by atoms with Crippen molar-refractivity contribution in [2.45, 2.75) is 6.54 Å². The second-order valence-electron chi connectivity index (χ2n) is 4.62. The van der Waals surface area contributed by atoms with Crippen LogP contribution < -0.4 is 11.1 Å². The monoisotopic (exact) mass is 278 g/mol. The smallest absolute Gasteiger partial charge is 0.270 e. The van der Waals surface area contributed by atoms with Crippen LogP contribution in [0.5, 0.6) is 0 Å². The van der Waals surface area contributed by atoms with Gasteiger partial charge in [-0.2, -0.15) is 0 Å². The van der Waals surface area contributed by atoms with Crippen LogP contribution in [0, 0.1) is 0 Å². The van der Waals surface area contributed by atoms with E-state index in [0.717, 1.165) is 16.5 Å². The lowest BCUT2D eigenvalue weighted by molar-refractivity contribution is 0.0945. The molecule has 1 aromatic carbocycles. The molecule has 2 aromatic heterocycles. The fourth-order valence-electron chi connectivity index (χ4n) is 2.11. The largest absolute Gasteiger partial charge is 0.383 e. The highest BCUT2D eigenvalue weighted by Gasteiger charge is 2.10. The molecule has 0 unspecified atom stereocenters. The lowest BCUT2D eigenvalue weighted by Gasteiger charge is -2.07. The van der Waals surface area contributed by atoms with Crippen LogP contribution in [-0.2, 0) is 6.54 Å². The van der Waals surface area contributed by atoms with Gasteiger partial charge in [-0.3, -0.25) is 9.78 Å². The van der Waals surface area contributed by atoms with Crippen molar-refractivity contribution >= 4 is 22.5 Å². The van der Waals surface area contributed by atoms with Crippen LogP contribution in [0.4, 0.5) is 5.82 Å². The van der Waals surface area contributed by atoms with Gasteiger partial charge in [0.2, 0.25) is 0 Å². The maximum atomic E-state index is 12.2. The molecule has 0 aliphatic rings. The normalized spacial score (nSPS) is 10.5. The summed E-state index contributed by atoms with van der Waals surface area (Å²) in [7, 11) is 0. The minimum atomic E-state index is -0.266. The van der Waals surface area contributed by atoms with Gasteiger partial charge in [0.1, 0.15) is 11.5 Å². The van der Waals surface area contributed by atoms with Gasteiger partial charge in [-0.05, 0) is 23.6 Å². The molecule has 0 saturated heterocycles. The highest BCUT2D eigenvalue weighted by Crippen LogP contribution is 2.19. The lowest BCUT2D eigenvalue weighted by Crippen LogP contribution is -2.24. The summed E-state index contributed by atoms with van der Waals surface area (Å²) in [5.74, 6) is 0.0918. The van der Waals surface area contributed by atoms with Gasteiger partial charge in [-0.25, -0.2) is 4.98 Å². The van der Waals surface area contributed by atoms with Crippen molar-refractivity contribution in [1.82, 2.24) is 15.3 Å². The average molecular weight is 278 g/mol. The van der Waals surface area contributed by atoms with E-state index < -0.39 is 0 Å². The molecule has 3 N–H and O–H groups in total. The Morgan fingerprint density at radius 3 is 2.76 bits per heavy atom. The van der Waals surface area contributed by atoms with E-state index >= 15 is 0 Å². The number of amides is 1. The summed E-state index contributed by atoms with van der Waals surface area (Å²) >= 11 is 0. The number of pyridine rings is 2. The van der Waals surface area contributed by atoms with Crippen molar-refractivity contribution in [3.63, 3.8) is 0 Å². The zero-order valence-electron chi connectivity index (χ0n) is 11.3. The van der Waals surface area contributed by atoms with Gasteiger partial charge in [0.05, 0.1) is 12.2 Å². The third-order valence-corrected chi connectivity index (χ3v) is 3.16. The van der Waals surface area contributed by atoms with Gasteiger partial charge >= 0.3 is 0 Å². The molecule has 0 aliphatic heterocycles. The first-order valence-corrected chi connectivity index (χ1v) is 6.57. The summed E-state index contributed by atoms with van der Waals surface area (Å²) in [6.45, 7) is 0.355. The van der Waals surface area contributed by atoms with E-state index in [1.165, 1.54) is 0 Å². The minimum absolute atomic E-state index is 0.266. The van der Waals surface area contributed by atoms with Crippen LogP contribution in [0.25, 0.3) is 10.8 Å². The molecule has 0 saturated carbocycles. The Balaban J connectivity index is 1.81. The van der Waals surface area contributed by atoms with Gasteiger partial charge in [0.15, 0.2) is 0 Å². The van der Waals surface area contributed by atoms with E-state index in [1.807, 2.05) is 42.5 Å². The van der Waals surface area contributed by atoms with Crippen molar-refractivity contribution < 1.29 is 4.79 Å². The fourth-order valence-corrected chi connectivity index (χ4v) is 2.11. The van der Waals surface area contributed by atoms with Crippen molar-refractivity contribution in [2.75, 3.05) is 5.73 Å². The molecule has 0 radical (unpaired) electrons. The lowest BCUT2D eigenvalue weighted by atomic mass is 10.1. The Kier molecular flexibility index (Phi) is 3.47. The highest BCUT2D eigenvalue weighted by molar-refractivity contribution is 5.99. The molecule has 0 aliphatic carbocycles. The second kappa shape index (κ2) is 5.58. The van der Waals surface area contributed by atoms with Crippen LogP contribution in [-0.4, -0.2) is 15.9 Å². The Bertz CT molecular complexity index is 787. The molecule has 0 fully saturated rings. The summed E-state index contributed by atoms with van der Waals surface area (Å²) in [5, 5.41) is 4.53. The second-order valence-corrected chi connectivity index (χ2v) is 4.62. The molecule has 5 nitrogen and oxygen atoms in total. The maximum Gasteiger partial charge on any atom is 0.270 e. The summed E-state index contributed by atoms with van der Waals surface area (Å²) in [6.07, 6.45) is 1.69. The number of anilines is 1. The third kappa shape index (κ3) is 2.81. The number of nitrogens with two attached hydrogens (primary N) is 1. The molecule has 3 rings (SSSR count). The number of nitrogens with one attached hydrogen (secondary N) is 1. The number of benzene rings is 1. The summed E-state index contributed by atoms with van der Waals surface area (Å²) in [5.41, 5.74) is 7.00. The number of nitrogen functional groups attached to an aromatic ring is 1. The van der Waals surface area contributed by atoms with E-state index in [9.17, 15) is 4.79 Å². The average Bonchev–Trinajstić information content (AvgIpc) is 2.53. The number of hydrogen-bond donors (Lipinski definition) is 2. The van der Waals surface area contributed by atoms with Gasteiger partial charge in [0, 0.05) is 11.6 Å². The van der Waals surface area contributed by atoms with E-state index in [1.54, 1.807) is 12.3 Å².